The van der Waals surface area contributed by atoms with E-state index in [-0.39, 0.29) is 21.1 Å². The molecule has 0 aliphatic heterocycles. The fourth-order valence-corrected chi connectivity index (χ4v) is 8.92. The molecule has 0 unspecified atom stereocenters. The Labute approximate surface area is 314 Å². The first-order valence-electron chi connectivity index (χ1n) is 16.8. The molecule has 0 radical (unpaired) electrons. The van der Waals surface area contributed by atoms with Crippen molar-refractivity contribution in [2.75, 3.05) is 0 Å². The third kappa shape index (κ3) is 4.91. The standard InChI is InChI=1S/C45H30N4S.Pt/c1-28-23-29(2)45(30(3)24-28)48-27-47(37-15-5-6-16-38(37)48)32-11-10-12-33(26-32)49-39-20-21-42-44(35-13-4-7-17-41(35)50-42)43(39)34-19-18-31(25-40(34)49)36-14-8-9-22-46-36;/h4-24H,1-3H3;/q-2;. The molecule has 6 heteroatoms. The second-order valence-corrected chi connectivity index (χ2v) is 14.1. The molecule has 10 aromatic rings. The number of hydrogen-bond acceptors (Lipinski definition) is 2. The van der Waals surface area contributed by atoms with Gasteiger partial charge in [-0.25, -0.2) is 0 Å². The van der Waals surface area contributed by atoms with Gasteiger partial charge in [0.15, 0.2) is 0 Å². The molecule has 0 saturated heterocycles. The minimum Gasteiger partial charge on any atom is -0.352 e. The maximum atomic E-state index is 4.67. The second kappa shape index (κ2) is 12.2. The van der Waals surface area contributed by atoms with E-state index in [9.17, 15) is 0 Å². The topological polar surface area (TPSA) is 26.6 Å². The number of benzene rings is 6. The van der Waals surface area contributed by atoms with Gasteiger partial charge in [0.05, 0.1) is 16.7 Å². The molecule has 0 bridgehead atoms. The summed E-state index contributed by atoms with van der Waals surface area (Å²) >= 11 is 1.85. The van der Waals surface area contributed by atoms with Crippen molar-refractivity contribution in [3.8, 4) is 28.3 Å². The van der Waals surface area contributed by atoms with Gasteiger partial charge in [-0.1, -0.05) is 83.4 Å². The van der Waals surface area contributed by atoms with Gasteiger partial charge in [0.25, 0.3) is 6.33 Å². The minimum absolute atomic E-state index is 0. The van der Waals surface area contributed by atoms with E-state index in [1.165, 1.54) is 42.2 Å². The first-order valence-corrected chi connectivity index (χ1v) is 17.6. The number of hydrogen-bond donors (Lipinski definition) is 0. The normalized spacial score (nSPS) is 11.7. The third-order valence-corrected chi connectivity index (χ3v) is 10.9. The number of imidazole rings is 1. The summed E-state index contributed by atoms with van der Waals surface area (Å²) in [6, 6.07) is 50.7. The van der Waals surface area contributed by atoms with Crippen LogP contribution in [-0.2, 0) is 21.1 Å². The van der Waals surface area contributed by atoms with Gasteiger partial charge in [-0.2, -0.15) is 18.2 Å². The number of aromatic nitrogens is 4. The van der Waals surface area contributed by atoms with Crippen molar-refractivity contribution in [3.05, 3.63) is 163 Å². The van der Waals surface area contributed by atoms with E-state index in [1.807, 2.05) is 35.7 Å². The van der Waals surface area contributed by atoms with Crippen LogP contribution in [0.2, 0.25) is 0 Å². The van der Waals surface area contributed by atoms with E-state index < -0.39 is 0 Å². The summed E-state index contributed by atoms with van der Waals surface area (Å²) < 4.78 is 9.23. The smallest absolute Gasteiger partial charge is 0.268 e. The predicted molar refractivity (Wildman–Crippen MR) is 206 cm³/mol. The van der Waals surface area contributed by atoms with Crippen molar-refractivity contribution in [3.63, 3.8) is 0 Å². The average Bonchev–Trinajstić information content (AvgIpc) is 3.81. The van der Waals surface area contributed by atoms with Crippen LogP contribution >= 0.6 is 11.3 Å². The molecule has 0 atom stereocenters. The fraction of sp³-hybridized carbons (Fsp3) is 0.0667. The molecule has 0 amide bonds. The van der Waals surface area contributed by atoms with Crippen molar-refractivity contribution >= 4 is 64.3 Å². The average molecular weight is 854 g/mol. The van der Waals surface area contributed by atoms with E-state index >= 15 is 0 Å². The number of thiophene rings is 1. The summed E-state index contributed by atoms with van der Waals surface area (Å²) in [6.07, 6.45) is 5.56. The predicted octanol–water partition coefficient (Wildman–Crippen LogP) is 10.8. The molecule has 248 valence electrons. The first kappa shape index (κ1) is 31.6. The van der Waals surface area contributed by atoms with Crippen LogP contribution in [-0.4, -0.2) is 14.1 Å². The zero-order chi connectivity index (χ0) is 33.5. The summed E-state index contributed by atoms with van der Waals surface area (Å²) in [5.41, 5.74) is 12.9. The molecular weight excluding hydrogens is 824 g/mol. The Balaban J connectivity index is 0.00000348. The molecule has 0 fully saturated rings. The van der Waals surface area contributed by atoms with Gasteiger partial charge in [-0.05, 0) is 78.4 Å². The van der Waals surface area contributed by atoms with Crippen molar-refractivity contribution in [1.82, 2.24) is 14.1 Å². The molecule has 51 heavy (non-hydrogen) atoms. The largest absolute Gasteiger partial charge is 0.352 e. The number of pyridine rings is 1. The van der Waals surface area contributed by atoms with Crippen LogP contribution in [0.25, 0.3) is 81.3 Å². The number of nitrogens with zero attached hydrogens (tertiary/aromatic N) is 4. The van der Waals surface area contributed by atoms with Crippen LogP contribution in [0.3, 0.4) is 0 Å². The van der Waals surface area contributed by atoms with Crippen LogP contribution < -0.4 is 4.57 Å². The number of para-hydroxylation sites is 2. The Hall–Kier alpha value is -5.35. The van der Waals surface area contributed by atoms with Gasteiger partial charge < -0.3 is 14.1 Å². The first-order chi connectivity index (χ1) is 24.5. The van der Waals surface area contributed by atoms with E-state index in [2.05, 4.69) is 161 Å². The fourth-order valence-electron chi connectivity index (χ4n) is 7.80. The van der Waals surface area contributed by atoms with Gasteiger partial charge in [-0.3, -0.25) is 4.57 Å². The Morgan fingerprint density at radius 1 is 0.647 bits per heavy atom. The van der Waals surface area contributed by atoms with Crippen molar-refractivity contribution in [2.24, 2.45) is 0 Å². The molecule has 10 rings (SSSR count). The summed E-state index contributed by atoms with van der Waals surface area (Å²) in [4.78, 5) is 4.67. The summed E-state index contributed by atoms with van der Waals surface area (Å²) in [5.74, 6) is 0. The molecule has 0 aliphatic carbocycles. The molecule has 4 aromatic heterocycles. The quantitative estimate of drug-likeness (QED) is 0.128. The van der Waals surface area contributed by atoms with Crippen LogP contribution in [0.5, 0.6) is 0 Å². The molecule has 4 nitrogen and oxygen atoms in total. The van der Waals surface area contributed by atoms with Crippen molar-refractivity contribution < 1.29 is 25.6 Å². The van der Waals surface area contributed by atoms with Crippen molar-refractivity contribution in [1.29, 1.82) is 0 Å². The molecule has 4 heterocycles. The summed E-state index contributed by atoms with van der Waals surface area (Å²) in [7, 11) is 0. The number of rotatable bonds is 4. The zero-order valence-corrected chi connectivity index (χ0v) is 31.2. The van der Waals surface area contributed by atoms with Gasteiger partial charge in [0, 0.05) is 53.0 Å². The van der Waals surface area contributed by atoms with Gasteiger partial charge in [0.1, 0.15) is 0 Å². The van der Waals surface area contributed by atoms with E-state index in [4.69, 9.17) is 0 Å². The minimum atomic E-state index is 0. The molecule has 0 N–H and O–H groups in total. The Morgan fingerprint density at radius 3 is 2.27 bits per heavy atom. The van der Waals surface area contributed by atoms with Gasteiger partial charge >= 0.3 is 0 Å². The number of fused-ring (bicyclic) bond motifs is 8. The Morgan fingerprint density at radius 2 is 1.43 bits per heavy atom. The van der Waals surface area contributed by atoms with Crippen LogP contribution in [0.4, 0.5) is 0 Å². The second-order valence-electron chi connectivity index (χ2n) is 13.0. The molecular formula is C45H30N4PtS-2. The zero-order valence-electron chi connectivity index (χ0n) is 28.1. The maximum Gasteiger partial charge on any atom is 0.268 e. The summed E-state index contributed by atoms with van der Waals surface area (Å²) in [5, 5.41) is 4.97. The SMILES string of the molecule is Cc1cc(C)c(-[n+]2[c-]n(-c3[c-]c(-n4c5[c-]c(-c6ccccn6)ccc5c5c6c(ccc54)sc4ccccc46)ccc3)c3ccccc32)c(C)c1.[Pt]. The van der Waals surface area contributed by atoms with Crippen LogP contribution in [0.15, 0.2) is 128 Å². The van der Waals surface area contributed by atoms with E-state index in [0.717, 1.165) is 55.8 Å². The van der Waals surface area contributed by atoms with Crippen LogP contribution in [0, 0.1) is 39.2 Å². The maximum absolute atomic E-state index is 4.67. The molecule has 0 aliphatic rings. The van der Waals surface area contributed by atoms with Crippen molar-refractivity contribution in [2.45, 2.75) is 20.8 Å². The number of aryl methyl sites for hydroxylation is 3. The van der Waals surface area contributed by atoms with Crippen LogP contribution in [0.1, 0.15) is 16.7 Å². The summed E-state index contributed by atoms with van der Waals surface area (Å²) in [6.45, 7) is 6.51. The van der Waals surface area contributed by atoms with E-state index in [1.54, 1.807) is 0 Å². The third-order valence-electron chi connectivity index (χ3n) is 9.79. The molecule has 0 saturated carbocycles. The molecule has 6 aromatic carbocycles. The van der Waals surface area contributed by atoms with Gasteiger partial charge in [0.2, 0.25) is 0 Å². The Kier molecular flexibility index (Phi) is 7.54. The monoisotopic (exact) mass is 853 g/mol. The Bertz CT molecular complexity index is 2950. The molecule has 0 spiro atoms. The van der Waals surface area contributed by atoms with E-state index in [0.29, 0.717) is 0 Å². The van der Waals surface area contributed by atoms with Gasteiger partial charge in [-0.15, -0.1) is 41.2 Å².